The first-order chi connectivity index (χ1) is 20.2. The topological polar surface area (TPSA) is 48.5 Å². The molecule has 0 saturated carbocycles. The molecule has 5 nitrogen and oxygen atoms in total. The molecule has 3 aromatic carbocycles. The molecule has 0 radical (unpaired) electrons. The zero-order valence-electron chi connectivity index (χ0n) is 23.5. The standard InChI is InChI=1S/C35H33N3O2S/c1-3-5-20-37-22-25(27-11-8-9-13-30(27)37)21-31-34(39)38-33(24-14-17-26(18-15-24)40-4-2)29-19-16-23-10-6-7-12-28(23)32(29)36-35(38)41-31/h6-15,17-18,21-22,33H,3-5,16,19-20H2,1-2H3/b31-21-/t33-/m1/s1. The second-order valence-electron chi connectivity index (χ2n) is 10.8. The third kappa shape index (κ3) is 4.47. The van der Waals surface area contributed by atoms with Gasteiger partial charge < -0.3 is 9.30 Å². The molecule has 0 bridgehead atoms. The molecule has 206 valence electrons. The van der Waals surface area contributed by atoms with Gasteiger partial charge in [0.05, 0.1) is 22.9 Å². The van der Waals surface area contributed by atoms with Crippen LogP contribution in [0.15, 0.2) is 94.4 Å². The average molecular weight is 560 g/mol. The number of rotatable bonds is 7. The minimum atomic E-state index is -0.196. The summed E-state index contributed by atoms with van der Waals surface area (Å²) in [6.45, 7) is 5.79. The number of para-hydroxylation sites is 1. The fraction of sp³-hybridized carbons (Fsp3) is 0.257. The lowest BCUT2D eigenvalue weighted by Gasteiger charge is -2.30. The molecule has 2 aliphatic rings. The van der Waals surface area contributed by atoms with Gasteiger partial charge in [-0.3, -0.25) is 9.36 Å². The highest BCUT2D eigenvalue weighted by atomic mass is 32.1. The Morgan fingerprint density at radius 2 is 1.80 bits per heavy atom. The number of benzene rings is 3. The van der Waals surface area contributed by atoms with Crippen LogP contribution in [0.5, 0.6) is 5.75 Å². The van der Waals surface area contributed by atoms with Crippen LogP contribution in [0, 0.1) is 0 Å². The fourth-order valence-electron chi connectivity index (χ4n) is 6.28. The van der Waals surface area contributed by atoms with Crippen LogP contribution in [0.1, 0.15) is 61.4 Å². The largest absolute Gasteiger partial charge is 0.494 e. The van der Waals surface area contributed by atoms with E-state index < -0.39 is 0 Å². The first kappa shape index (κ1) is 25.8. The van der Waals surface area contributed by atoms with Crippen LogP contribution in [0.2, 0.25) is 0 Å². The SMILES string of the molecule is CCCCn1cc(/C=c2\sc3n(c2=O)[C@H](c2ccc(OCC)cc2)C2=C(N=3)c3ccccc3CC2)c2ccccc21. The van der Waals surface area contributed by atoms with Crippen LogP contribution < -0.4 is 19.6 Å². The maximum atomic E-state index is 14.2. The Morgan fingerprint density at radius 1 is 1.00 bits per heavy atom. The molecule has 0 unspecified atom stereocenters. The van der Waals surface area contributed by atoms with E-state index in [0.717, 1.165) is 59.6 Å². The lowest BCUT2D eigenvalue weighted by atomic mass is 9.83. The third-order valence-electron chi connectivity index (χ3n) is 8.24. The summed E-state index contributed by atoms with van der Waals surface area (Å²) in [5.74, 6) is 0.839. The van der Waals surface area contributed by atoms with Gasteiger partial charge in [-0.25, -0.2) is 4.99 Å². The highest BCUT2D eigenvalue weighted by Gasteiger charge is 2.32. The van der Waals surface area contributed by atoms with Crippen molar-refractivity contribution in [1.29, 1.82) is 0 Å². The van der Waals surface area contributed by atoms with Crippen LogP contribution in [0.3, 0.4) is 0 Å². The molecular formula is C35H33N3O2S. The number of ether oxygens (including phenoxy) is 1. The van der Waals surface area contributed by atoms with Crippen LogP contribution >= 0.6 is 11.3 Å². The predicted molar refractivity (Wildman–Crippen MR) is 167 cm³/mol. The molecule has 0 fully saturated rings. The Hall–Kier alpha value is -4.16. The second kappa shape index (κ2) is 10.7. The molecule has 5 aromatic rings. The summed E-state index contributed by atoms with van der Waals surface area (Å²) >= 11 is 1.49. The monoisotopic (exact) mass is 559 g/mol. The zero-order valence-corrected chi connectivity index (χ0v) is 24.3. The van der Waals surface area contributed by atoms with E-state index in [9.17, 15) is 4.79 Å². The van der Waals surface area contributed by atoms with E-state index in [2.05, 4.69) is 84.4 Å². The molecule has 7 rings (SSSR count). The molecule has 6 heteroatoms. The van der Waals surface area contributed by atoms with Gasteiger partial charge in [-0.15, -0.1) is 0 Å². The lowest BCUT2D eigenvalue weighted by Crippen LogP contribution is -2.38. The Balaban J connectivity index is 1.43. The summed E-state index contributed by atoms with van der Waals surface area (Å²) < 4.78 is 10.7. The van der Waals surface area contributed by atoms with Crippen molar-refractivity contribution in [3.05, 3.63) is 127 Å². The Bertz CT molecular complexity index is 1970. The number of allylic oxidation sites excluding steroid dienone is 1. The van der Waals surface area contributed by atoms with Gasteiger partial charge in [0.15, 0.2) is 4.80 Å². The summed E-state index contributed by atoms with van der Waals surface area (Å²) in [6, 6.07) is 25.1. The normalized spacial score (nSPS) is 16.3. The quantitative estimate of drug-likeness (QED) is 0.229. The summed E-state index contributed by atoms with van der Waals surface area (Å²) in [4.78, 5) is 20.2. The van der Waals surface area contributed by atoms with Crippen molar-refractivity contribution < 1.29 is 4.74 Å². The van der Waals surface area contributed by atoms with E-state index >= 15 is 0 Å². The van der Waals surface area contributed by atoms with Crippen molar-refractivity contribution in [1.82, 2.24) is 9.13 Å². The van der Waals surface area contributed by atoms with Gasteiger partial charge in [0.25, 0.3) is 5.56 Å². The van der Waals surface area contributed by atoms with Gasteiger partial charge in [0, 0.05) is 34.8 Å². The van der Waals surface area contributed by atoms with Gasteiger partial charge in [0.1, 0.15) is 5.75 Å². The van der Waals surface area contributed by atoms with E-state index in [1.165, 1.54) is 38.9 Å². The van der Waals surface area contributed by atoms with Crippen molar-refractivity contribution in [3.8, 4) is 5.75 Å². The van der Waals surface area contributed by atoms with E-state index in [1.807, 2.05) is 23.6 Å². The van der Waals surface area contributed by atoms with Gasteiger partial charge >= 0.3 is 0 Å². The van der Waals surface area contributed by atoms with Crippen LogP contribution in [0.25, 0.3) is 22.7 Å². The number of hydrogen-bond acceptors (Lipinski definition) is 4. The van der Waals surface area contributed by atoms with Crippen molar-refractivity contribution in [2.24, 2.45) is 4.99 Å². The first-order valence-electron chi connectivity index (χ1n) is 14.6. The molecule has 3 heterocycles. The van der Waals surface area contributed by atoms with E-state index in [-0.39, 0.29) is 11.6 Å². The first-order valence-corrected chi connectivity index (χ1v) is 15.4. The number of fused-ring (bicyclic) bond motifs is 4. The predicted octanol–water partition coefficient (Wildman–Crippen LogP) is 6.47. The van der Waals surface area contributed by atoms with Crippen molar-refractivity contribution in [3.63, 3.8) is 0 Å². The van der Waals surface area contributed by atoms with Gasteiger partial charge in [-0.1, -0.05) is 79.3 Å². The number of nitrogens with zero attached hydrogens (tertiary/aromatic N) is 3. The third-order valence-corrected chi connectivity index (χ3v) is 9.22. The molecule has 0 amide bonds. The molecule has 0 spiro atoms. The average Bonchev–Trinajstić information content (AvgIpc) is 3.52. The highest BCUT2D eigenvalue weighted by Crippen LogP contribution is 2.41. The fourth-order valence-corrected chi connectivity index (χ4v) is 7.27. The van der Waals surface area contributed by atoms with E-state index in [0.29, 0.717) is 11.1 Å². The molecule has 2 aromatic heterocycles. The Morgan fingerprint density at radius 3 is 2.63 bits per heavy atom. The number of hydrogen-bond donors (Lipinski definition) is 0. The second-order valence-corrected chi connectivity index (χ2v) is 11.8. The summed E-state index contributed by atoms with van der Waals surface area (Å²) in [5, 5.41) is 1.17. The number of aromatic nitrogens is 2. The molecule has 41 heavy (non-hydrogen) atoms. The summed E-state index contributed by atoms with van der Waals surface area (Å²) in [7, 11) is 0. The Labute approximate surface area is 243 Å². The van der Waals surface area contributed by atoms with Crippen molar-refractivity contribution in [2.45, 2.75) is 52.1 Å². The van der Waals surface area contributed by atoms with Gasteiger partial charge in [-0.05, 0) is 67.2 Å². The van der Waals surface area contributed by atoms with Crippen LogP contribution in [-0.2, 0) is 13.0 Å². The van der Waals surface area contributed by atoms with Crippen molar-refractivity contribution in [2.75, 3.05) is 6.61 Å². The minimum Gasteiger partial charge on any atom is -0.494 e. The number of aryl methyl sites for hydroxylation is 2. The number of unbranched alkanes of at least 4 members (excludes halogenated alkanes) is 1. The van der Waals surface area contributed by atoms with Crippen LogP contribution in [0.4, 0.5) is 0 Å². The van der Waals surface area contributed by atoms with Crippen molar-refractivity contribution >= 4 is 34.0 Å². The molecular weight excluding hydrogens is 526 g/mol. The maximum Gasteiger partial charge on any atom is 0.271 e. The molecule has 1 aliphatic carbocycles. The maximum absolute atomic E-state index is 14.2. The Kier molecular flexibility index (Phi) is 6.71. The molecule has 0 saturated heterocycles. The molecule has 1 atom stereocenters. The van der Waals surface area contributed by atoms with E-state index in [4.69, 9.17) is 9.73 Å². The van der Waals surface area contributed by atoms with Gasteiger partial charge in [-0.2, -0.15) is 0 Å². The highest BCUT2D eigenvalue weighted by molar-refractivity contribution is 7.07. The smallest absolute Gasteiger partial charge is 0.271 e. The summed E-state index contributed by atoms with van der Waals surface area (Å²) in [5.41, 5.74) is 8.12. The lowest BCUT2D eigenvalue weighted by molar-refractivity contribution is 0.340. The zero-order chi connectivity index (χ0) is 27.9. The minimum absolute atomic E-state index is 0.0171. The molecule has 1 aliphatic heterocycles. The van der Waals surface area contributed by atoms with Crippen LogP contribution in [-0.4, -0.2) is 15.7 Å². The van der Waals surface area contributed by atoms with Gasteiger partial charge in [0.2, 0.25) is 0 Å². The van der Waals surface area contributed by atoms with E-state index in [1.54, 1.807) is 0 Å². The molecule has 0 N–H and O–H groups in total. The summed E-state index contributed by atoms with van der Waals surface area (Å²) in [6.07, 6.45) is 8.35. The number of thiazole rings is 1.